The van der Waals surface area contributed by atoms with E-state index in [0.29, 0.717) is 12.6 Å². The molecule has 0 saturated carbocycles. The Bertz CT molecular complexity index is 391. The zero-order valence-corrected chi connectivity index (χ0v) is 13.5. The van der Waals surface area contributed by atoms with E-state index < -0.39 is 0 Å². The molecular formula is C17H30N2O. The zero-order chi connectivity index (χ0) is 15.0. The maximum Gasteiger partial charge on any atom is 0.144 e. The van der Waals surface area contributed by atoms with Crippen molar-refractivity contribution >= 4 is 11.4 Å². The molecule has 0 bridgehead atoms. The molecule has 0 aliphatic carbocycles. The first-order valence-electron chi connectivity index (χ1n) is 7.89. The van der Waals surface area contributed by atoms with Gasteiger partial charge in [0.25, 0.3) is 0 Å². The lowest BCUT2D eigenvalue weighted by atomic mass is 10.1. The summed E-state index contributed by atoms with van der Waals surface area (Å²) in [6, 6.07) is 6.61. The van der Waals surface area contributed by atoms with Gasteiger partial charge in [0.15, 0.2) is 0 Å². The van der Waals surface area contributed by atoms with Crippen molar-refractivity contribution in [1.29, 1.82) is 0 Å². The lowest BCUT2D eigenvalue weighted by Gasteiger charge is -2.29. The standard InChI is InChI=1S/C17H30N2O/c1-5-7-8-11-19(14(3)4)15-9-10-16(18)17(13-15)20-12-6-2/h9-10,13-14H,5-8,11-12,18H2,1-4H3. The number of benzene rings is 1. The van der Waals surface area contributed by atoms with Crippen LogP contribution in [0.3, 0.4) is 0 Å². The van der Waals surface area contributed by atoms with E-state index in [-0.39, 0.29) is 0 Å². The van der Waals surface area contributed by atoms with Crippen molar-refractivity contribution in [1.82, 2.24) is 0 Å². The third-order valence-corrected chi connectivity index (χ3v) is 3.42. The first kappa shape index (κ1) is 16.7. The molecule has 0 amide bonds. The lowest BCUT2D eigenvalue weighted by Crippen LogP contribution is -2.31. The number of rotatable bonds is 9. The van der Waals surface area contributed by atoms with Gasteiger partial charge in [0, 0.05) is 24.3 Å². The summed E-state index contributed by atoms with van der Waals surface area (Å²) in [4.78, 5) is 2.42. The number of hydrogen-bond donors (Lipinski definition) is 1. The highest BCUT2D eigenvalue weighted by molar-refractivity contribution is 5.62. The molecule has 114 valence electrons. The third-order valence-electron chi connectivity index (χ3n) is 3.42. The summed E-state index contributed by atoms with van der Waals surface area (Å²) < 4.78 is 5.73. The van der Waals surface area contributed by atoms with Gasteiger partial charge >= 0.3 is 0 Å². The van der Waals surface area contributed by atoms with E-state index >= 15 is 0 Å². The van der Waals surface area contributed by atoms with Crippen LogP contribution in [0.15, 0.2) is 18.2 Å². The first-order valence-corrected chi connectivity index (χ1v) is 7.89. The summed E-state index contributed by atoms with van der Waals surface area (Å²) in [6.07, 6.45) is 4.74. The molecule has 3 nitrogen and oxygen atoms in total. The highest BCUT2D eigenvalue weighted by Gasteiger charge is 2.12. The van der Waals surface area contributed by atoms with Crippen LogP contribution in [0.1, 0.15) is 53.4 Å². The maximum absolute atomic E-state index is 5.98. The van der Waals surface area contributed by atoms with E-state index in [4.69, 9.17) is 10.5 Å². The summed E-state index contributed by atoms with van der Waals surface area (Å²) in [6.45, 7) is 10.6. The van der Waals surface area contributed by atoms with Gasteiger partial charge in [0.2, 0.25) is 0 Å². The van der Waals surface area contributed by atoms with Crippen molar-refractivity contribution in [2.45, 2.75) is 59.4 Å². The predicted octanol–water partition coefficient (Wildman–Crippen LogP) is 4.46. The second-order valence-corrected chi connectivity index (χ2v) is 5.56. The molecule has 3 heteroatoms. The van der Waals surface area contributed by atoms with Crippen molar-refractivity contribution in [3.63, 3.8) is 0 Å². The Kier molecular flexibility index (Phi) is 7.27. The molecule has 0 fully saturated rings. The monoisotopic (exact) mass is 278 g/mol. The maximum atomic E-state index is 5.98. The fraction of sp³-hybridized carbons (Fsp3) is 0.647. The van der Waals surface area contributed by atoms with Gasteiger partial charge in [-0.25, -0.2) is 0 Å². The number of nitrogens with two attached hydrogens (primary N) is 1. The van der Waals surface area contributed by atoms with E-state index in [1.807, 2.05) is 6.07 Å². The molecule has 0 aliphatic rings. The van der Waals surface area contributed by atoms with Gasteiger partial charge in [-0.15, -0.1) is 0 Å². The fourth-order valence-electron chi connectivity index (χ4n) is 2.26. The molecule has 2 N–H and O–H groups in total. The SMILES string of the molecule is CCCCCN(c1ccc(N)c(OCCC)c1)C(C)C. The fourth-order valence-corrected chi connectivity index (χ4v) is 2.26. The van der Waals surface area contributed by atoms with Gasteiger partial charge in [-0.3, -0.25) is 0 Å². The van der Waals surface area contributed by atoms with Crippen molar-refractivity contribution in [2.75, 3.05) is 23.8 Å². The largest absolute Gasteiger partial charge is 0.491 e. The minimum Gasteiger partial charge on any atom is -0.491 e. The van der Waals surface area contributed by atoms with Gasteiger partial charge in [-0.1, -0.05) is 26.7 Å². The summed E-state index contributed by atoms with van der Waals surface area (Å²) in [5, 5.41) is 0. The van der Waals surface area contributed by atoms with Crippen LogP contribution in [0.2, 0.25) is 0 Å². The van der Waals surface area contributed by atoms with Crippen LogP contribution >= 0.6 is 0 Å². The molecule has 0 heterocycles. The minimum atomic E-state index is 0.481. The molecule has 0 spiro atoms. The molecule has 0 radical (unpaired) electrons. The minimum absolute atomic E-state index is 0.481. The van der Waals surface area contributed by atoms with E-state index in [9.17, 15) is 0 Å². The van der Waals surface area contributed by atoms with E-state index in [0.717, 1.165) is 24.4 Å². The Morgan fingerprint density at radius 1 is 1.15 bits per heavy atom. The van der Waals surface area contributed by atoms with Crippen molar-refractivity contribution in [3.8, 4) is 5.75 Å². The van der Waals surface area contributed by atoms with Crippen LogP contribution in [0.5, 0.6) is 5.75 Å². The summed E-state index contributed by atoms with van der Waals surface area (Å²) in [5.41, 5.74) is 7.91. The normalized spacial score (nSPS) is 10.8. The number of nitrogen functional groups attached to an aromatic ring is 1. The van der Waals surface area contributed by atoms with Gasteiger partial charge < -0.3 is 15.4 Å². The summed E-state index contributed by atoms with van der Waals surface area (Å²) in [7, 11) is 0. The van der Waals surface area contributed by atoms with Crippen LogP contribution in [0, 0.1) is 0 Å². The van der Waals surface area contributed by atoms with Gasteiger partial charge in [-0.05, 0) is 38.8 Å². The number of ether oxygens (including phenoxy) is 1. The quantitative estimate of drug-likeness (QED) is 0.535. The molecule has 0 aliphatic heterocycles. The molecule has 1 rings (SSSR count). The van der Waals surface area contributed by atoms with Crippen LogP contribution in [0.4, 0.5) is 11.4 Å². The van der Waals surface area contributed by atoms with Crippen LogP contribution in [-0.4, -0.2) is 19.2 Å². The summed E-state index contributed by atoms with van der Waals surface area (Å²) in [5.74, 6) is 0.811. The number of nitrogens with zero attached hydrogens (tertiary/aromatic N) is 1. The zero-order valence-electron chi connectivity index (χ0n) is 13.5. The molecule has 0 saturated heterocycles. The van der Waals surface area contributed by atoms with Crippen molar-refractivity contribution in [2.24, 2.45) is 0 Å². The van der Waals surface area contributed by atoms with E-state index in [2.05, 4.69) is 44.7 Å². The molecule has 1 aromatic carbocycles. The van der Waals surface area contributed by atoms with E-state index in [1.165, 1.54) is 24.9 Å². The average Bonchev–Trinajstić information content (AvgIpc) is 2.43. The second-order valence-electron chi connectivity index (χ2n) is 5.56. The smallest absolute Gasteiger partial charge is 0.144 e. The summed E-state index contributed by atoms with van der Waals surface area (Å²) >= 11 is 0. The predicted molar refractivity (Wildman–Crippen MR) is 88.6 cm³/mol. The Hall–Kier alpha value is -1.38. The Morgan fingerprint density at radius 3 is 2.50 bits per heavy atom. The Balaban J connectivity index is 2.84. The highest BCUT2D eigenvalue weighted by atomic mass is 16.5. The van der Waals surface area contributed by atoms with Gasteiger partial charge in [-0.2, -0.15) is 0 Å². The first-order chi connectivity index (χ1) is 9.60. The highest BCUT2D eigenvalue weighted by Crippen LogP contribution is 2.29. The van der Waals surface area contributed by atoms with Crippen LogP contribution in [-0.2, 0) is 0 Å². The van der Waals surface area contributed by atoms with E-state index in [1.54, 1.807) is 0 Å². The van der Waals surface area contributed by atoms with Crippen molar-refractivity contribution < 1.29 is 4.74 Å². The van der Waals surface area contributed by atoms with Crippen LogP contribution < -0.4 is 15.4 Å². The topological polar surface area (TPSA) is 38.5 Å². The average molecular weight is 278 g/mol. The number of anilines is 2. The Labute approximate surface area is 124 Å². The third kappa shape index (κ3) is 4.95. The lowest BCUT2D eigenvalue weighted by molar-refractivity contribution is 0.319. The van der Waals surface area contributed by atoms with Crippen molar-refractivity contribution in [3.05, 3.63) is 18.2 Å². The van der Waals surface area contributed by atoms with Crippen LogP contribution in [0.25, 0.3) is 0 Å². The Morgan fingerprint density at radius 2 is 1.90 bits per heavy atom. The molecular weight excluding hydrogens is 248 g/mol. The molecule has 1 aromatic rings. The van der Waals surface area contributed by atoms with Gasteiger partial charge in [0.05, 0.1) is 12.3 Å². The number of unbranched alkanes of at least 4 members (excludes halogenated alkanes) is 2. The molecule has 20 heavy (non-hydrogen) atoms. The molecule has 0 unspecified atom stereocenters. The second kappa shape index (κ2) is 8.72. The van der Waals surface area contributed by atoms with Gasteiger partial charge in [0.1, 0.15) is 5.75 Å². The number of hydrogen-bond acceptors (Lipinski definition) is 3. The molecule has 0 atom stereocenters. The molecule has 0 aromatic heterocycles.